The number of benzene rings is 1. The summed E-state index contributed by atoms with van der Waals surface area (Å²) < 4.78 is 4.97. The number of nitrogens with zero attached hydrogens (tertiary/aromatic N) is 1. The summed E-state index contributed by atoms with van der Waals surface area (Å²) in [6.07, 6.45) is 0.711. The minimum Gasteiger partial charge on any atom is -0.456 e. The number of imide groups is 1. The van der Waals surface area contributed by atoms with E-state index in [1.807, 2.05) is 0 Å². The Morgan fingerprint density at radius 3 is 2.37 bits per heavy atom. The molecule has 2 saturated carbocycles. The molecular weight excluding hydrogens is 543 g/mol. The molecular formula is C20H19Br2ClN2O5. The molecule has 1 aliphatic heterocycles. The molecule has 30 heavy (non-hydrogen) atoms. The van der Waals surface area contributed by atoms with Crippen molar-refractivity contribution in [3.63, 3.8) is 0 Å². The fraction of sp³-hybridized carbons (Fsp3) is 0.500. The molecule has 3 fully saturated rings. The van der Waals surface area contributed by atoms with E-state index in [1.54, 1.807) is 24.3 Å². The summed E-state index contributed by atoms with van der Waals surface area (Å²) in [7, 11) is 0. The molecule has 0 spiro atoms. The van der Waals surface area contributed by atoms with Crippen molar-refractivity contribution in [2.75, 3.05) is 18.5 Å². The van der Waals surface area contributed by atoms with Crippen molar-refractivity contribution < 1.29 is 23.9 Å². The Morgan fingerprint density at radius 1 is 1.13 bits per heavy atom. The Balaban J connectivity index is 1.26. The van der Waals surface area contributed by atoms with Crippen LogP contribution in [0.15, 0.2) is 24.3 Å². The molecule has 2 bridgehead atoms. The van der Waals surface area contributed by atoms with Gasteiger partial charge in [0, 0.05) is 26.9 Å². The van der Waals surface area contributed by atoms with E-state index in [4.69, 9.17) is 16.3 Å². The maximum atomic E-state index is 12.8. The van der Waals surface area contributed by atoms with Crippen molar-refractivity contribution in [2.24, 2.45) is 23.7 Å². The molecule has 0 aromatic heterocycles. The van der Waals surface area contributed by atoms with Crippen molar-refractivity contribution in [1.29, 1.82) is 0 Å². The molecule has 2 aliphatic carbocycles. The van der Waals surface area contributed by atoms with Crippen molar-refractivity contribution in [1.82, 2.24) is 4.90 Å². The molecule has 10 heteroatoms. The van der Waals surface area contributed by atoms with E-state index in [0.29, 0.717) is 10.7 Å². The molecule has 3 aliphatic rings. The molecule has 3 amide bonds. The number of nitrogens with one attached hydrogen (secondary N) is 1. The molecule has 1 heterocycles. The third kappa shape index (κ3) is 3.91. The number of rotatable bonds is 6. The number of fused-ring (bicyclic) bond motifs is 5. The van der Waals surface area contributed by atoms with Crippen LogP contribution >= 0.6 is 43.5 Å². The number of likely N-dealkylation sites (tertiary alicyclic amines) is 1. The third-order valence-electron chi connectivity index (χ3n) is 6.09. The number of anilines is 1. The van der Waals surface area contributed by atoms with Gasteiger partial charge >= 0.3 is 5.97 Å². The predicted octanol–water partition coefficient (Wildman–Crippen LogP) is 2.99. The second kappa shape index (κ2) is 8.59. The van der Waals surface area contributed by atoms with E-state index in [9.17, 15) is 19.2 Å². The summed E-state index contributed by atoms with van der Waals surface area (Å²) >= 11 is 13.1. The van der Waals surface area contributed by atoms with Crippen molar-refractivity contribution in [3.8, 4) is 0 Å². The monoisotopic (exact) mass is 560 g/mol. The molecule has 6 atom stereocenters. The van der Waals surface area contributed by atoms with Gasteiger partial charge in [-0.3, -0.25) is 24.1 Å². The Labute approximate surface area is 195 Å². The molecule has 7 nitrogen and oxygen atoms in total. The number of carbonyl (C=O) groups excluding carboxylic acids is 4. The Kier molecular flexibility index (Phi) is 6.23. The van der Waals surface area contributed by atoms with Gasteiger partial charge in [0.1, 0.15) is 0 Å². The van der Waals surface area contributed by atoms with Crippen molar-refractivity contribution in [2.45, 2.75) is 22.5 Å². The lowest BCUT2D eigenvalue weighted by atomic mass is 9.81. The minimum atomic E-state index is -0.645. The topological polar surface area (TPSA) is 92.8 Å². The molecule has 1 N–H and O–H groups in total. The number of halogens is 3. The number of alkyl halides is 2. The second-order valence-corrected chi connectivity index (χ2v) is 10.4. The summed E-state index contributed by atoms with van der Waals surface area (Å²) in [6.45, 7) is -0.488. The third-order valence-corrected chi connectivity index (χ3v) is 9.53. The summed E-state index contributed by atoms with van der Waals surface area (Å²) in [6, 6.07) is 6.60. The first-order valence-corrected chi connectivity index (χ1v) is 11.8. The zero-order valence-corrected chi connectivity index (χ0v) is 19.7. The van der Waals surface area contributed by atoms with Crippen molar-refractivity contribution in [3.05, 3.63) is 29.3 Å². The quantitative estimate of drug-likeness (QED) is 0.327. The average Bonchev–Trinajstić information content (AvgIpc) is 3.30. The predicted molar refractivity (Wildman–Crippen MR) is 116 cm³/mol. The number of hydrogen-bond acceptors (Lipinski definition) is 5. The van der Waals surface area contributed by atoms with Gasteiger partial charge in [-0.2, -0.15) is 0 Å². The molecule has 1 aromatic rings. The van der Waals surface area contributed by atoms with Gasteiger partial charge in [-0.15, -0.1) is 0 Å². The van der Waals surface area contributed by atoms with Crippen LogP contribution in [-0.4, -0.2) is 51.4 Å². The standard InChI is InChI=1S/C20H19Br2ClN2O5/c21-17-11-7-12(18(17)22)16-15(11)19(28)25(20(16)29)5-4-14(27)30-8-13(26)24-10-3-1-2-9(23)6-10/h1-3,6,11-12,15-18H,4-5,7-8H2,(H,24,26)/t11-,12-,15-,16+,17-,18+/m1/s1. The van der Waals surface area contributed by atoms with E-state index in [2.05, 4.69) is 37.2 Å². The van der Waals surface area contributed by atoms with Gasteiger partial charge in [-0.1, -0.05) is 49.5 Å². The highest BCUT2D eigenvalue weighted by Gasteiger charge is 2.66. The average molecular weight is 563 g/mol. The smallest absolute Gasteiger partial charge is 0.308 e. The van der Waals surface area contributed by atoms with Gasteiger partial charge in [0.15, 0.2) is 6.61 Å². The Hall–Kier alpha value is -1.45. The fourth-order valence-corrected chi connectivity index (χ4v) is 6.88. The zero-order chi connectivity index (χ0) is 21.6. The molecule has 4 rings (SSSR count). The lowest BCUT2D eigenvalue weighted by Crippen LogP contribution is -2.37. The van der Waals surface area contributed by atoms with E-state index in [-0.39, 0.29) is 58.1 Å². The molecule has 0 radical (unpaired) electrons. The molecule has 0 unspecified atom stereocenters. The highest BCUT2D eigenvalue weighted by atomic mass is 79.9. The number of amides is 3. The summed E-state index contributed by atoms with van der Waals surface area (Å²) in [4.78, 5) is 51.0. The number of ether oxygens (including phenoxy) is 1. The number of hydrogen-bond donors (Lipinski definition) is 1. The molecule has 160 valence electrons. The lowest BCUT2D eigenvalue weighted by molar-refractivity contribution is -0.149. The highest BCUT2D eigenvalue weighted by molar-refractivity contribution is 9.12. The van der Waals surface area contributed by atoms with Crippen LogP contribution in [0.5, 0.6) is 0 Å². The Morgan fingerprint density at radius 2 is 1.77 bits per heavy atom. The number of carbonyl (C=O) groups is 4. The van der Waals surface area contributed by atoms with Crippen LogP contribution in [0.2, 0.25) is 5.02 Å². The normalized spacial score (nSPS) is 31.8. The van der Waals surface area contributed by atoms with Crippen LogP contribution in [-0.2, 0) is 23.9 Å². The molecule has 1 aromatic carbocycles. The van der Waals surface area contributed by atoms with Gasteiger partial charge in [0.25, 0.3) is 5.91 Å². The van der Waals surface area contributed by atoms with Crippen LogP contribution in [0.4, 0.5) is 5.69 Å². The van der Waals surface area contributed by atoms with Crippen LogP contribution in [0, 0.1) is 23.7 Å². The summed E-state index contributed by atoms with van der Waals surface area (Å²) in [5.74, 6) is -1.90. The van der Waals surface area contributed by atoms with Crippen LogP contribution in [0.1, 0.15) is 12.8 Å². The van der Waals surface area contributed by atoms with Gasteiger partial charge in [0.05, 0.1) is 18.3 Å². The SMILES string of the molecule is O=C(COC(=O)CCN1C(=O)[C@@H]2[C@H]3C[C@@H]([C@H](Br)[C@@H]3Br)[C@@H]2C1=O)Nc1cccc(Cl)c1. The van der Waals surface area contributed by atoms with Gasteiger partial charge in [-0.25, -0.2) is 0 Å². The first-order chi connectivity index (χ1) is 14.3. The first-order valence-electron chi connectivity index (χ1n) is 9.62. The van der Waals surface area contributed by atoms with E-state index in [0.717, 1.165) is 6.42 Å². The fourth-order valence-electron chi connectivity index (χ4n) is 4.82. The van der Waals surface area contributed by atoms with E-state index in [1.165, 1.54) is 4.90 Å². The van der Waals surface area contributed by atoms with Crippen LogP contribution in [0.3, 0.4) is 0 Å². The lowest BCUT2D eigenvalue weighted by Gasteiger charge is -2.28. The second-order valence-electron chi connectivity index (χ2n) is 7.80. The molecule has 1 saturated heterocycles. The zero-order valence-electron chi connectivity index (χ0n) is 15.7. The van der Waals surface area contributed by atoms with E-state index < -0.39 is 18.5 Å². The van der Waals surface area contributed by atoms with Crippen molar-refractivity contribution >= 4 is 72.8 Å². The van der Waals surface area contributed by atoms with Crippen LogP contribution in [0.25, 0.3) is 0 Å². The summed E-state index contributed by atoms with van der Waals surface area (Å²) in [5.41, 5.74) is 0.494. The van der Waals surface area contributed by atoms with Gasteiger partial charge in [0.2, 0.25) is 11.8 Å². The Bertz CT molecular complexity index is 881. The van der Waals surface area contributed by atoms with Gasteiger partial charge in [-0.05, 0) is 36.5 Å². The largest absolute Gasteiger partial charge is 0.456 e. The van der Waals surface area contributed by atoms with Gasteiger partial charge < -0.3 is 10.1 Å². The van der Waals surface area contributed by atoms with Crippen LogP contribution < -0.4 is 5.32 Å². The maximum absolute atomic E-state index is 12.8. The minimum absolute atomic E-state index is 0.0290. The van der Waals surface area contributed by atoms with E-state index >= 15 is 0 Å². The first kappa shape index (κ1) is 21.8. The highest BCUT2D eigenvalue weighted by Crippen LogP contribution is 2.60. The number of esters is 1. The summed E-state index contributed by atoms with van der Waals surface area (Å²) in [5, 5.41) is 3.05. The maximum Gasteiger partial charge on any atom is 0.308 e.